The molecule has 0 fully saturated rings. The molecule has 2 heterocycles. The Morgan fingerprint density at radius 2 is 2.12 bits per heavy atom. The van der Waals surface area contributed by atoms with Crippen molar-refractivity contribution in [3.05, 3.63) is 53.9 Å². The lowest BCUT2D eigenvalue weighted by Gasteiger charge is -2.26. The number of benzene rings is 1. The summed E-state index contributed by atoms with van der Waals surface area (Å²) in [4.78, 5) is 24.5. The highest BCUT2D eigenvalue weighted by Crippen LogP contribution is 2.32. The summed E-state index contributed by atoms with van der Waals surface area (Å²) in [5.74, 6) is -0.588. The second kappa shape index (κ2) is 6.91. The number of hydrogen-bond acceptors (Lipinski definition) is 2. The molecule has 0 bridgehead atoms. The van der Waals surface area contributed by atoms with Crippen LogP contribution in [0.5, 0.6) is 0 Å². The van der Waals surface area contributed by atoms with Crippen molar-refractivity contribution in [2.24, 2.45) is 7.05 Å². The van der Waals surface area contributed by atoms with E-state index in [2.05, 4.69) is 21.3 Å². The van der Waals surface area contributed by atoms with Gasteiger partial charge in [0.2, 0.25) is 11.8 Å². The van der Waals surface area contributed by atoms with Crippen molar-refractivity contribution in [2.75, 3.05) is 5.32 Å². The van der Waals surface area contributed by atoms with Crippen molar-refractivity contribution in [2.45, 2.75) is 38.1 Å². The molecule has 0 radical (unpaired) electrons. The van der Waals surface area contributed by atoms with Crippen LogP contribution in [0.1, 0.15) is 36.9 Å². The molecule has 1 aliphatic rings. The molecule has 5 heteroatoms. The van der Waals surface area contributed by atoms with E-state index in [0.29, 0.717) is 0 Å². The van der Waals surface area contributed by atoms with Gasteiger partial charge in [0.1, 0.15) is 0 Å². The van der Waals surface area contributed by atoms with Crippen LogP contribution in [-0.4, -0.2) is 22.4 Å². The molecule has 2 atom stereocenters. The molecule has 1 aromatic heterocycles. The fourth-order valence-corrected chi connectivity index (χ4v) is 3.18. The van der Waals surface area contributed by atoms with E-state index < -0.39 is 5.92 Å². The van der Waals surface area contributed by atoms with Gasteiger partial charge >= 0.3 is 0 Å². The minimum atomic E-state index is -0.410. The van der Waals surface area contributed by atoms with Gasteiger partial charge in [-0.05, 0) is 43.5 Å². The second-order valence-electron chi connectivity index (χ2n) is 6.45. The van der Waals surface area contributed by atoms with Crippen LogP contribution < -0.4 is 10.6 Å². The molecule has 0 spiro atoms. The highest BCUT2D eigenvalue weighted by Gasteiger charge is 2.30. The van der Waals surface area contributed by atoms with Gasteiger partial charge in [0.15, 0.2) is 0 Å². The third-order valence-corrected chi connectivity index (χ3v) is 4.59. The van der Waals surface area contributed by atoms with Gasteiger partial charge in [0.25, 0.3) is 0 Å². The van der Waals surface area contributed by atoms with E-state index in [4.69, 9.17) is 0 Å². The number of anilines is 1. The first-order valence-corrected chi connectivity index (χ1v) is 8.34. The highest BCUT2D eigenvalue weighted by molar-refractivity contribution is 6.01. The largest absolute Gasteiger partial charge is 0.354 e. The predicted molar refractivity (Wildman–Crippen MR) is 93.8 cm³/mol. The summed E-state index contributed by atoms with van der Waals surface area (Å²) in [7, 11) is 2.02. The van der Waals surface area contributed by atoms with Crippen molar-refractivity contribution >= 4 is 17.5 Å². The number of nitrogens with zero attached hydrogens (tertiary/aromatic N) is 1. The van der Waals surface area contributed by atoms with Crippen LogP contribution in [-0.2, 0) is 23.1 Å². The minimum absolute atomic E-state index is 0.0598. The van der Waals surface area contributed by atoms with E-state index in [1.54, 1.807) is 0 Å². The fourth-order valence-electron chi connectivity index (χ4n) is 3.18. The maximum atomic E-state index is 12.6. The number of fused-ring (bicyclic) bond motifs is 1. The number of nitrogens with one attached hydrogen (secondary N) is 2. The van der Waals surface area contributed by atoms with Crippen molar-refractivity contribution in [3.63, 3.8) is 0 Å². The van der Waals surface area contributed by atoms with E-state index in [1.165, 1.54) is 5.69 Å². The van der Waals surface area contributed by atoms with Crippen LogP contribution in [0.3, 0.4) is 0 Å². The molecule has 0 saturated heterocycles. The zero-order valence-corrected chi connectivity index (χ0v) is 14.1. The van der Waals surface area contributed by atoms with E-state index >= 15 is 0 Å². The second-order valence-corrected chi connectivity index (χ2v) is 6.45. The number of carbonyl (C=O) groups is 2. The number of carbonyl (C=O) groups excluding carboxylic acids is 2. The Balaban J connectivity index is 1.62. The SMILES string of the molecule is C[C@@H](CCc1cccn1C)NC(=O)[C@H]1CC(=O)Nc2ccccc21. The number of amides is 2. The summed E-state index contributed by atoms with van der Waals surface area (Å²) in [6.07, 6.45) is 4.00. The quantitative estimate of drug-likeness (QED) is 0.887. The first-order chi connectivity index (χ1) is 11.5. The van der Waals surface area contributed by atoms with Crippen LogP contribution in [0.15, 0.2) is 42.6 Å². The first-order valence-electron chi connectivity index (χ1n) is 8.34. The molecule has 0 unspecified atom stereocenters. The molecule has 2 N–H and O–H groups in total. The predicted octanol–water partition coefficient (Wildman–Crippen LogP) is 2.59. The molecule has 0 aliphatic carbocycles. The van der Waals surface area contributed by atoms with Crippen LogP contribution >= 0.6 is 0 Å². The van der Waals surface area contributed by atoms with Gasteiger partial charge in [-0.2, -0.15) is 0 Å². The Kier molecular flexibility index (Phi) is 4.69. The number of aryl methyl sites for hydroxylation is 2. The standard InChI is InChI=1S/C19H23N3O2/c1-13(9-10-14-6-5-11-22(14)2)20-19(24)16-12-18(23)21-17-8-4-3-7-15(16)17/h3-8,11,13,16H,9-10,12H2,1-2H3,(H,20,24)(H,21,23)/t13-,16-/m0/s1. The van der Waals surface area contributed by atoms with Crippen molar-refractivity contribution in [3.8, 4) is 0 Å². The van der Waals surface area contributed by atoms with E-state index in [9.17, 15) is 9.59 Å². The van der Waals surface area contributed by atoms with Gasteiger partial charge in [0.05, 0.1) is 5.92 Å². The van der Waals surface area contributed by atoms with E-state index in [-0.39, 0.29) is 24.3 Å². The van der Waals surface area contributed by atoms with E-state index in [0.717, 1.165) is 24.1 Å². The van der Waals surface area contributed by atoms with Crippen LogP contribution in [0.4, 0.5) is 5.69 Å². The molecule has 1 aromatic carbocycles. The average Bonchev–Trinajstić information content (AvgIpc) is 2.97. The summed E-state index contributed by atoms with van der Waals surface area (Å²) >= 11 is 0. The molecule has 0 saturated carbocycles. The third-order valence-electron chi connectivity index (χ3n) is 4.59. The number of rotatable bonds is 5. The van der Waals surface area contributed by atoms with Gasteiger partial charge in [-0.25, -0.2) is 0 Å². The summed E-state index contributed by atoms with van der Waals surface area (Å²) in [5.41, 5.74) is 2.88. The Labute approximate surface area is 142 Å². The highest BCUT2D eigenvalue weighted by atomic mass is 16.2. The summed E-state index contributed by atoms with van der Waals surface area (Å²) in [5, 5.41) is 5.89. The molecule has 24 heavy (non-hydrogen) atoms. The lowest BCUT2D eigenvalue weighted by molar-refractivity contribution is -0.126. The van der Waals surface area contributed by atoms with Crippen LogP contribution in [0.2, 0.25) is 0 Å². The molecule has 126 valence electrons. The molecule has 3 rings (SSSR count). The number of aromatic nitrogens is 1. The van der Waals surface area contributed by atoms with Crippen molar-refractivity contribution < 1.29 is 9.59 Å². The fraction of sp³-hybridized carbons (Fsp3) is 0.368. The molecular weight excluding hydrogens is 302 g/mol. The molecule has 2 amide bonds. The van der Waals surface area contributed by atoms with Gasteiger partial charge in [-0.1, -0.05) is 18.2 Å². The Hall–Kier alpha value is -2.56. The molecular formula is C19H23N3O2. The van der Waals surface area contributed by atoms with Gasteiger partial charge in [-0.15, -0.1) is 0 Å². The topological polar surface area (TPSA) is 63.1 Å². The maximum Gasteiger partial charge on any atom is 0.228 e. The summed E-state index contributed by atoms with van der Waals surface area (Å²) < 4.78 is 2.09. The van der Waals surface area contributed by atoms with Gasteiger partial charge in [0, 0.05) is 37.1 Å². The lowest BCUT2D eigenvalue weighted by atomic mass is 9.89. The van der Waals surface area contributed by atoms with Crippen molar-refractivity contribution in [1.29, 1.82) is 0 Å². The maximum absolute atomic E-state index is 12.6. The minimum Gasteiger partial charge on any atom is -0.354 e. The molecule has 2 aromatic rings. The van der Waals surface area contributed by atoms with Gasteiger partial charge < -0.3 is 15.2 Å². The average molecular weight is 325 g/mol. The Morgan fingerprint density at radius 1 is 1.33 bits per heavy atom. The smallest absolute Gasteiger partial charge is 0.228 e. The number of para-hydroxylation sites is 1. The zero-order valence-electron chi connectivity index (χ0n) is 14.1. The van der Waals surface area contributed by atoms with Crippen molar-refractivity contribution in [1.82, 2.24) is 9.88 Å². The molecule has 1 aliphatic heterocycles. The lowest BCUT2D eigenvalue weighted by Crippen LogP contribution is -2.39. The number of hydrogen-bond donors (Lipinski definition) is 2. The zero-order chi connectivity index (χ0) is 17.1. The van der Waals surface area contributed by atoms with Crippen LogP contribution in [0, 0.1) is 0 Å². The summed E-state index contributed by atoms with van der Waals surface area (Å²) in [6.45, 7) is 2.01. The Bertz CT molecular complexity index is 751. The first kappa shape index (κ1) is 16.3. The summed E-state index contributed by atoms with van der Waals surface area (Å²) in [6, 6.07) is 11.7. The van der Waals surface area contributed by atoms with Gasteiger partial charge in [-0.3, -0.25) is 9.59 Å². The van der Waals surface area contributed by atoms with E-state index in [1.807, 2.05) is 50.5 Å². The third kappa shape index (κ3) is 3.50. The van der Waals surface area contributed by atoms with Crippen LogP contribution in [0.25, 0.3) is 0 Å². The Morgan fingerprint density at radius 3 is 2.88 bits per heavy atom. The molecule has 5 nitrogen and oxygen atoms in total. The monoisotopic (exact) mass is 325 g/mol. The normalized spacial score (nSPS) is 17.8.